The zero-order chi connectivity index (χ0) is 12.3. The van der Waals surface area contributed by atoms with Gasteiger partial charge in [-0.2, -0.15) is 0 Å². The summed E-state index contributed by atoms with van der Waals surface area (Å²) < 4.78 is 0. The summed E-state index contributed by atoms with van der Waals surface area (Å²) in [4.78, 5) is 1.95. The van der Waals surface area contributed by atoms with E-state index in [1.165, 1.54) is 16.7 Å². The number of rotatable bonds is 4. The zero-order valence-corrected chi connectivity index (χ0v) is 10.5. The molecule has 0 heterocycles. The van der Waals surface area contributed by atoms with Gasteiger partial charge in [0.2, 0.25) is 0 Å². The van der Waals surface area contributed by atoms with Gasteiger partial charge in [0.25, 0.3) is 0 Å². The molecule has 0 aliphatic carbocycles. The fourth-order valence-corrected chi connectivity index (χ4v) is 2.21. The van der Waals surface area contributed by atoms with Crippen molar-refractivity contribution in [2.75, 3.05) is 25.2 Å². The van der Waals surface area contributed by atoms with Crippen molar-refractivity contribution in [2.45, 2.75) is 26.8 Å². The van der Waals surface area contributed by atoms with E-state index in [4.69, 9.17) is 0 Å². The molecule has 3 nitrogen and oxygen atoms in total. The van der Waals surface area contributed by atoms with Gasteiger partial charge in [-0.3, -0.25) is 0 Å². The third-order valence-electron chi connectivity index (χ3n) is 2.96. The Balaban J connectivity index is 3.12. The zero-order valence-electron chi connectivity index (χ0n) is 10.5. The number of anilines is 1. The molecule has 0 saturated carbocycles. The van der Waals surface area contributed by atoms with E-state index in [2.05, 4.69) is 32.9 Å². The Hall–Kier alpha value is -1.06. The molecule has 0 aliphatic heterocycles. The smallest absolute Gasteiger partial charge is 0.0748 e. The van der Waals surface area contributed by atoms with Crippen LogP contribution in [-0.4, -0.2) is 36.5 Å². The summed E-state index contributed by atoms with van der Waals surface area (Å²) in [5.74, 6) is 0. The molecule has 0 bridgehead atoms. The molecule has 16 heavy (non-hydrogen) atoms. The van der Waals surface area contributed by atoms with Gasteiger partial charge in [-0.15, -0.1) is 0 Å². The van der Waals surface area contributed by atoms with Crippen molar-refractivity contribution in [3.05, 3.63) is 28.8 Å². The Morgan fingerprint density at radius 2 is 1.50 bits per heavy atom. The van der Waals surface area contributed by atoms with Gasteiger partial charge in [0.1, 0.15) is 0 Å². The van der Waals surface area contributed by atoms with Crippen LogP contribution in [0.15, 0.2) is 12.1 Å². The van der Waals surface area contributed by atoms with Crippen LogP contribution in [0.1, 0.15) is 16.7 Å². The van der Waals surface area contributed by atoms with Gasteiger partial charge in [0.15, 0.2) is 0 Å². The Labute approximate surface area is 97.3 Å². The third kappa shape index (κ3) is 2.54. The number of hydrogen-bond acceptors (Lipinski definition) is 3. The van der Waals surface area contributed by atoms with Crippen LogP contribution >= 0.6 is 0 Å². The minimum atomic E-state index is -0.236. The Bertz CT molecular complexity index is 336. The lowest BCUT2D eigenvalue weighted by Gasteiger charge is -2.30. The van der Waals surface area contributed by atoms with E-state index < -0.39 is 0 Å². The maximum atomic E-state index is 9.19. The van der Waals surface area contributed by atoms with Gasteiger partial charge < -0.3 is 15.1 Å². The number of aliphatic hydroxyl groups is 2. The summed E-state index contributed by atoms with van der Waals surface area (Å²) >= 11 is 0. The molecule has 1 aromatic carbocycles. The van der Waals surface area contributed by atoms with Crippen LogP contribution in [0.5, 0.6) is 0 Å². The van der Waals surface area contributed by atoms with Crippen LogP contribution in [0.2, 0.25) is 0 Å². The molecule has 0 radical (unpaired) electrons. The predicted octanol–water partition coefficient (Wildman–Crippen LogP) is 1.40. The third-order valence-corrected chi connectivity index (χ3v) is 2.96. The van der Waals surface area contributed by atoms with Gasteiger partial charge in [-0.25, -0.2) is 0 Å². The molecule has 0 amide bonds. The van der Waals surface area contributed by atoms with Crippen molar-refractivity contribution in [3.8, 4) is 0 Å². The van der Waals surface area contributed by atoms with Gasteiger partial charge >= 0.3 is 0 Å². The number of aliphatic hydroxyl groups excluding tert-OH is 2. The van der Waals surface area contributed by atoms with Crippen LogP contribution < -0.4 is 4.90 Å². The van der Waals surface area contributed by atoms with E-state index in [-0.39, 0.29) is 19.3 Å². The molecule has 90 valence electrons. The quantitative estimate of drug-likeness (QED) is 0.811. The molecule has 2 N–H and O–H groups in total. The van der Waals surface area contributed by atoms with E-state index in [0.717, 1.165) is 5.69 Å². The number of aryl methyl sites for hydroxylation is 3. The van der Waals surface area contributed by atoms with Crippen LogP contribution in [-0.2, 0) is 0 Å². The highest BCUT2D eigenvalue weighted by Gasteiger charge is 2.16. The largest absolute Gasteiger partial charge is 0.394 e. The Morgan fingerprint density at radius 1 is 1.06 bits per heavy atom. The second-order valence-corrected chi connectivity index (χ2v) is 4.38. The lowest BCUT2D eigenvalue weighted by molar-refractivity contribution is 0.190. The number of likely N-dealkylation sites (N-methyl/N-ethyl adjacent to an activating group) is 1. The van der Waals surface area contributed by atoms with Crippen LogP contribution in [0, 0.1) is 20.8 Å². The van der Waals surface area contributed by atoms with E-state index in [0.29, 0.717) is 0 Å². The summed E-state index contributed by atoms with van der Waals surface area (Å²) in [5.41, 5.74) is 4.68. The van der Waals surface area contributed by atoms with Crippen molar-refractivity contribution in [1.29, 1.82) is 0 Å². The highest BCUT2D eigenvalue weighted by atomic mass is 16.3. The topological polar surface area (TPSA) is 43.7 Å². The molecular weight excluding hydrogens is 202 g/mol. The molecule has 0 spiro atoms. The molecule has 0 saturated heterocycles. The minimum absolute atomic E-state index is 0.0419. The minimum Gasteiger partial charge on any atom is -0.394 e. The van der Waals surface area contributed by atoms with Crippen molar-refractivity contribution >= 4 is 5.69 Å². The molecule has 1 aromatic rings. The average molecular weight is 223 g/mol. The van der Waals surface area contributed by atoms with Crippen molar-refractivity contribution < 1.29 is 10.2 Å². The molecule has 0 unspecified atom stereocenters. The Morgan fingerprint density at radius 3 is 1.88 bits per heavy atom. The van der Waals surface area contributed by atoms with Crippen LogP contribution in [0.4, 0.5) is 5.69 Å². The first-order chi connectivity index (χ1) is 7.51. The average Bonchev–Trinajstić information content (AvgIpc) is 2.17. The van der Waals surface area contributed by atoms with E-state index in [1.807, 2.05) is 11.9 Å². The first-order valence-corrected chi connectivity index (χ1v) is 5.53. The Kier molecular flexibility index (Phi) is 4.33. The van der Waals surface area contributed by atoms with E-state index >= 15 is 0 Å². The van der Waals surface area contributed by atoms with Crippen molar-refractivity contribution in [1.82, 2.24) is 0 Å². The maximum Gasteiger partial charge on any atom is 0.0748 e. The number of hydrogen-bond donors (Lipinski definition) is 2. The molecular formula is C13H21NO2. The standard InChI is InChI=1S/C13H21NO2/c1-9-5-10(2)13(11(3)6-9)14(4)12(7-15)8-16/h5-6,12,15-16H,7-8H2,1-4H3. The first kappa shape index (κ1) is 13.0. The second-order valence-electron chi connectivity index (χ2n) is 4.38. The number of benzene rings is 1. The molecule has 0 atom stereocenters. The van der Waals surface area contributed by atoms with Crippen LogP contribution in [0.3, 0.4) is 0 Å². The summed E-state index contributed by atoms with van der Waals surface area (Å²) in [5, 5.41) is 18.4. The molecule has 1 rings (SSSR count). The maximum absolute atomic E-state index is 9.19. The summed E-state index contributed by atoms with van der Waals surface area (Å²) in [6.45, 7) is 6.09. The SMILES string of the molecule is Cc1cc(C)c(N(C)C(CO)CO)c(C)c1. The monoisotopic (exact) mass is 223 g/mol. The fraction of sp³-hybridized carbons (Fsp3) is 0.538. The highest BCUT2D eigenvalue weighted by Crippen LogP contribution is 2.26. The summed E-state index contributed by atoms with van der Waals surface area (Å²) in [6.07, 6.45) is 0. The van der Waals surface area contributed by atoms with Gasteiger partial charge in [0, 0.05) is 12.7 Å². The molecule has 3 heteroatoms. The van der Waals surface area contributed by atoms with E-state index in [9.17, 15) is 10.2 Å². The normalized spacial score (nSPS) is 10.9. The highest BCUT2D eigenvalue weighted by molar-refractivity contribution is 5.60. The van der Waals surface area contributed by atoms with Gasteiger partial charge in [0.05, 0.1) is 19.3 Å². The second kappa shape index (κ2) is 5.32. The van der Waals surface area contributed by atoms with E-state index in [1.54, 1.807) is 0 Å². The van der Waals surface area contributed by atoms with Gasteiger partial charge in [-0.05, 0) is 31.9 Å². The van der Waals surface area contributed by atoms with Gasteiger partial charge in [-0.1, -0.05) is 17.7 Å². The summed E-state index contributed by atoms with van der Waals surface area (Å²) in [7, 11) is 1.90. The fourth-order valence-electron chi connectivity index (χ4n) is 2.21. The lowest BCUT2D eigenvalue weighted by Crippen LogP contribution is -2.38. The number of nitrogens with zero attached hydrogens (tertiary/aromatic N) is 1. The molecule has 0 aromatic heterocycles. The molecule has 0 fully saturated rings. The van der Waals surface area contributed by atoms with Crippen molar-refractivity contribution in [2.24, 2.45) is 0 Å². The first-order valence-electron chi connectivity index (χ1n) is 5.53. The van der Waals surface area contributed by atoms with Crippen molar-refractivity contribution in [3.63, 3.8) is 0 Å². The molecule has 0 aliphatic rings. The van der Waals surface area contributed by atoms with Crippen LogP contribution in [0.25, 0.3) is 0 Å². The lowest BCUT2D eigenvalue weighted by atomic mass is 10.0. The predicted molar refractivity (Wildman–Crippen MR) is 67.0 cm³/mol. The summed E-state index contributed by atoms with van der Waals surface area (Å²) in [6, 6.07) is 4.00.